The van der Waals surface area contributed by atoms with Gasteiger partial charge in [0, 0.05) is 33.2 Å². The molecule has 0 fully saturated rings. The molecule has 5 heteroatoms. The van der Waals surface area contributed by atoms with E-state index in [2.05, 4.69) is 198 Å². The standard InChI is InChI=1S/C59H39N5/c1-5-19-38(20-6-1)55-47-37-54-51(59(48-29-15-13-27-43(48)44-28-14-16-30-49(44)59)50-31-17-18-32-53(50)64(54)42-25-11-4-12-26-42)36-45(47)46-35-41(33-34-52(46)60-55)58-62-56(39-21-7-2-8-22-39)61-57(63-58)40-23-9-3-10-24-40/h1-37,58H,(H,61,62,63). The van der Waals surface area contributed by atoms with Crippen molar-refractivity contribution in [3.8, 4) is 22.4 Å². The Kier molecular flexibility index (Phi) is 8.12. The summed E-state index contributed by atoms with van der Waals surface area (Å²) in [6.45, 7) is 0. The van der Waals surface area contributed by atoms with Crippen LogP contribution in [-0.2, 0) is 5.41 Å². The fourth-order valence-electron chi connectivity index (χ4n) is 10.5. The molecule has 0 saturated carbocycles. The molecule has 10 aromatic rings. The summed E-state index contributed by atoms with van der Waals surface area (Å²) in [5, 5.41) is 6.83. The molecule has 1 spiro atoms. The van der Waals surface area contributed by atoms with Crippen LogP contribution in [0.3, 0.4) is 0 Å². The van der Waals surface area contributed by atoms with Gasteiger partial charge < -0.3 is 10.2 Å². The van der Waals surface area contributed by atoms with Crippen LogP contribution in [0.4, 0.5) is 17.1 Å². The monoisotopic (exact) mass is 817 g/mol. The van der Waals surface area contributed by atoms with Crippen LogP contribution < -0.4 is 10.2 Å². The number of anilines is 3. The van der Waals surface area contributed by atoms with Crippen molar-refractivity contribution in [1.82, 2.24) is 10.3 Å². The molecule has 9 aromatic carbocycles. The van der Waals surface area contributed by atoms with Crippen LogP contribution in [0.2, 0.25) is 0 Å². The Morgan fingerprint density at radius 2 is 0.938 bits per heavy atom. The lowest BCUT2D eigenvalue weighted by molar-refractivity contribution is 0.754. The van der Waals surface area contributed by atoms with Crippen molar-refractivity contribution in [2.24, 2.45) is 9.98 Å². The van der Waals surface area contributed by atoms with Gasteiger partial charge in [0.15, 0.2) is 6.17 Å². The summed E-state index contributed by atoms with van der Waals surface area (Å²) in [6.07, 6.45) is -0.488. The van der Waals surface area contributed by atoms with Crippen molar-refractivity contribution in [3.63, 3.8) is 0 Å². The van der Waals surface area contributed by atoms with E-state index in [9.17, 15) is 0 Å². The SMILES string of the molecule is c1ccc(C2=NC(c3ccc4nc(-c5ccccc5)c5cc6c(cc5c4c3)C3(c4ccccc4-c4ccccc43)c3ccccc3N6c3ccccc3)N=C(c3ccccc3)N2)cc1. The fourth-order valence-corrected chi connectivity index (χ4v) is 10.5. The number of aromatic nitrogens is 1. The van der Waals surface area contributed by atoms with Gasteiger partial charge in [-0.2, -0.15) is 0 Å². The quantitative estimate of drug-likeness (QED) is 0.176. The van der Waals surface area contributed by atoms with Gasteiger partial charge in [0.2, 0.25) is 0 Å². The lowest BCUT2D eigenvalue weighted by Gasteiger charge is -2.45. The third-order valence-corrected chi connectivity index (χ3v) is 13.3. The maximum Gasteiger partial charge on any atom is 0.169 e. The van der Waals surface area contributed by atoms with Crippen molar-refractivity contribution in [2.45, 2.75) is 11.6 Å². The molecule has 5 nitrogen and oxygen atoms in total. The molecule has 2 aliphatic heterocycles. The topological polar surface area (TPSA) is 52.9 Å². The van der Waals surface area contributed by atoms with E-state index in [1.54, 1.807) is 0 Å². The van der Waals surface area contributed by atoms with Crippen LogP contribution in [0.1, 0.15) is 45.1 Å². The van der Waals surface area contributed by atoms with Crippen molar-refractivity contribution in [1.29, 1.82) is 0 Å². The fraction of sp³-hybridized carbons (Fsp3) is 0.0339. The number of hydrogen-bond donors (Lipinski definition) is 1. The molecule has 3 aliphatic rings. The minimum atomic E-state index is -0.600. The Balaban J connectivity index is 1.14. The Hall–Kier alpha value is -8.41. The van der Waals surface area contributed by atoms with Crippen molar-refractivity contribution in [2.75, 3.05) is 4.90 Å². The number of fused-ring (bicyclic) bond motifs is 12. The molecule has 0 saturated heterocycles. The average Bonchev–Trinajstić information content (AvgIpc) is 3.67. The summed E-state index contributed by atoms with van der Waals surface area (Å²) >= 11 is 0. The zero-order valence-corrected chi connectivity index (χ0v) is 34.7. The van der Waals surface area contributed by atoms with Crippen LogP contribution in [0, 0.1) is 0 Å². The molecule has 64 heavy (non-hydrogen) atoms. The number of rotatable bonds is 5. The van der Waals surface area contributed by atoms with Gasteiger partial charge in [0.25, 0.3) is 0 Å². The van der Waals surface area contributed by atoms with Crippen LogP contribution in [0.5, 0.6) is 0 Å². The minimum Gasteiger partial charge on any atom is -0.324 e. The number of nitrogens with one attached hydrogen (secondary N) is 1. The second-order valence-electron chi connectivity index (χ2n) is 16.7. The number of amidine groups is 2. The Labute approximate surface area is 371 Å². The number of nitrogens with zero attached hydrogens (tertiary/aromatic N) is 4. The van der Waals surface area contributed by atoms with Crippen molar-refractivity contribution in [3.05, 3.63) is 263 Å². The smallest absolute Gasteiger partial charge is 0.169 e. The van der Waals surface area contributed by atoms with Gasteiger partial charge in [0.05, 0.1) is 28.0 Å². The average molecular weight is 818 g/mol. The molecular weight excluding hydrogens is 779 g/mol. The molecule has 0 bridgehead atoms. The summed E-state index contributed by atoms with van der Waals surface area (Å²) in [5.41, 5.74) is 16.3. The van der Waals surface area contributed by atoms with Crippen molar-refractivity contribution >= 4 is 50.4 Å². The molecular formula is C59H39N5. The van der Waals surface area contributed by atoms with Gasteiger partial charge in [-0.15, -0.1) is 0 Å². The molecule has 1 N–H and O–H groups in total. The lowest BCUT2D eigenvalue weighted by atomic mass is 9.64. The number of hydrogen-bond acceptors (Lipinski definition) is 5. The van der Waals surface area contributed by atoms with Crippen LogP contribution in [0.25, 0.3) is 44.1 Å². The van der Waals surface area contributed by atoms with E-state index >= 15 is 0 Å². The molecule has 1 aromatic heterocycles. The highest BCUT2D eigenvalue weighted by atomic mass is 15.2. The maximum atomic E-state index is 5.53. The molecule has 300 valence electrons. The molecule has 13 rings (SSSR count). The van der Waals surface area contributed by atoms with E-state index < -0.39 is 11.6 Å². The van der Waals surface area contributed by atoms with Gasteiger partial charge in [-0.1, -0.05) is 182 Å². The lowest BCUT2D eigenvalue weighted by Crippen LogP contribution is -2.36. The van der Waals surface area contributed by atoms with Gasteiger partial charge in [-0.3, -0.25) is 0 Å². The third kappa shape index (κ3) is 5.41. The highest BCUT2D eigenvalue weighted by Gasteiger charge is 2.51. The van der Waals surface area contributed by atoms with E-state index in [4.69, 9.17) is 15.0 Å². The summed E-state index contributed by atoms with van der Waals surface area (Å²) in [5.74, 6) is 1.58. The van der Waals surface area contributed by atoms with Crippen LogP contribution in [-0.4, -0.2) is 16.7 Å². The number of benzene rings is 9. The minimum absolute atomic E-state index is 0.488. The van der Waals surface area contributed by atoms with Crippen LogP contribution in [0.15, 0.2) is 234 Å². The van der Waals surface area contributed by atoms with E-state index in [1.807, 2.05) is 36.4 Å². The summed E-state index contributed by atoms with van der Waals surface area (Å²) in [7, 11) is 0. The normalized spacial score (nSPS) is 14.6. The maximum absolute atomic E-state index is 5.53. The predicted molar refractivity (Wildman–Crippen MR) is 262 cm³/mol. The molecule has 0 unspecified atom stereocenters. The van der Waals surface area contributed by atoms with E-state index in [0.29, 0.717) is 0 Å². The predicted octanol–water partition coefficient (Wildman–Crippen LogP) is 13.7. The first kappa shape index (κ1) is 36.3. The zero-order chi connectivity index (χ0) is 42.2. The number of aliphatic imine (C=N–C) groups is 2. The van der Waals surface area contributed by atoms with E-state index in [-0.39, 0.29) is 0 Å². The number of pyridine rings is 1. The second-order valence-corrected chi connectivity index (χ2v) is 16.7. The first-order valence-electron chi connectivity index (χ1n) is 21.9. The molecule has 1 aliphatic carbocycles. The summed E-state index contributed by atoms with van der Waals surface area (Å²) in [6, 6.07) is 80.6. The Bertz CT molecular complexity index is 3430. The highest BCUT2D eigenvalue weighted by Crippen LogP contribution is 2.64. The Morgan fingerprint density at radius 1 is 0.406 bits per heavy atom. The molecule has 3 heterocycles. The molecule has 0 amide bonds. The molecule has 0 atom stereocenters. The van der Waals surface area contributed by atoms with E-state index in [1.165, 1.54) is 33.4 Å². The summed E-state index contributed by atoms with van der Waals surface area (Å²) in [4.78, 5) is 18.6. The van der Waals surface area contributed by atoms with E-state index in [0.717, 1.165) is 78.4 Å². The van der Waals surface area contributed by atoms with Gasteiger partial charge in [-0.25, -0.2) is 15.0 Å². The third-order valence-electron chi connectivity index (χ3n) is 13.3. The first-order valence-corrected chi connectivity index (χ1v) is 21.9. The van der Waals surface area contributed by atoms with Gasteiger partial charge in [0.1, 0.15) is 11.7 Å². The molecule has 0 radical (unpaired) electrons. The highest BCUT2D eigenvalue weighted by molar-refractivity contribution is 6.17. The zero-order valence-electron chi connectivity index (χ0n) is 34.7. The second kappa shape index (κ2) is 14.3. The van der Waals surface area contributed by atoms with Gasteiger partial charge >= 0.3 is 0 Å². The number of para-hydroxylation sites is 2. The van der Waals surface area contributed by atoms with Crippen LogP contribution >= 0.6 is 0 Å². The van der Waals surface area contributed by atoms with Crippen molar-refractivity contribution < 1.29 is 0 Å². The summed E-state index contributed by atoms with van der Waals surface area (Å²) < 4.78 is 0. The largest absolute Gasteiger partial charge is 0.324 e. The first-order chi connectivity index (χ1) is 31.7. The Morgan fingerprint density at radius 3 is 1.56 bits per heavy atom. The van der Waals surface area contributed by atoms with Gasteiger partial charge in [-0.05, 0) is 86.8 Å².